The Kier molecular flexibility index (Phi) is 3.53. The van der Waals surface area contributed by atoms with E-state index in [-0.39, 0.29) is 6.04 Å². The average Bonchev–Trinajstić information content (AvgIpc) is 2.88. The Bertz CT molecular complexity index is 472. The van der Waals surface area contributed by atoms with E-state index >= 15 is 0 Å². The van der Waals surface area contributed by atoms with Crippen LogP contribution in [0.15, 0.2) is 18.7 Å². The standard InChI is InChI=1S/C11H18N6/c1-9(11-13-6-7-16(11)2)12-5-4-10-15-14-8-17(10)3/h6-9,12H,4-5H2,1-3H3. The highest BCUT2D eigenvalue weighted by Crippen LogP contribution is 2.07. The fourth-order valence-corrected chi connectivity index (χ4v) is 1.82. The molecule has 0 aromatic carbocycles. The number of hydrogen-bond acceptors (Lipinski definition) is 4. The third-order valence-corrected chi connectivity index (χ3v) is 2.85. The van der Waals surface area contributed by atoms with Crippen molar-refractivity contribution in [3.05, 3.63) is 30.4 Å². The number of rotatable bonds is 5. The molecule has 0 amide bonds. The van der Waals surface area contributed by atoms with Gasteiger partial charge in [-0.15, -0.1) is 10.2 Å². The molecule has 2 aromatic heterocycles. The Morgan fingerprint density at radius 2 is 2.18 bits per heavy atom. The van der Waals surface area contributed by atoms with Crippen LogP contribution < -0.4 is 5.32 Å². The number of aromatic nitrogens is 5. The molecule has 1 atom stereocenters. The molecule has 0 saturated carbocycles. The van der Waals surface area contributed by atoms with Crippen molar-refractivity contribution in [3.8, 4) is 0 Å². The summed E-state index contributed by atoms with van der Waals surface area (Å²) in [6.45, 7) is 2.97. The normalized spacial score (nSPS) is 12.9. The summed E-state index contributed by atoms with van der Waals surface area (Å²) in [5, 5.41) is 11.3. The van der Waals surface area contributed by atoms with Gasteiger partial charge >= 0.3 is 0 Å². The van der Waals surface area contributed by atoms with Crippen molar-refractivity contribution in [2.24, 2.45) is 14.1 Å². The second kappa shape index (κ2) is 5.09. The molecule has 0 aliphatic heterocycles. The first kappa shape index (κ1) is 11.8. The molecule has 1 N–H and O–H groups in total. The molecular weight excluding hydrogens is 216 g/mol. The molecule has 92 valence electrons. The van der Waals surface area contributed by atoms with Crippen molar-refractivity contribution in [2.75, 3.05) is 6.54 Å². The Hall–Kier alpha value is -1.69. The van der Waals surface area contributed by atoms with E-state index < -0.39 is 0 Å². The van der Waals surface area contributed by atoms with Gasteiger partial charge in [0.1, 0.15) is 18.0 Å². The third-order valence-electron chi connectivity index (χ3n) is 2.85. The van der Waals surface area contributed by atoms with Gasteiger partial charge in [-0.25, -0.2) is 4.98 Å². The summed E-state index contributed by atoms with van der Waals surface area (Å²) < 4.78 is 3.97. The molecule has 2 rings (SSSR count). The largest absolute Gasteiger partial charge is 0.337 e. The van der Waals surface area contributed by atoms with Gasteiger partial charge in [0.25, 0.3) is 0 Å². The highest BCUT2D eigenvalue weighted by Gasteiger charge is 2.09. The van der Waals surface area contributed by atoms with Gasteiger partial charge in [0.05, 0.1) is 6.04 Å². The molecule has 2 aromatic rings. The Morgan fingerprint density at radius 3 is 2.76 bits per heavy atom. The summed E-state index contributed by atoms with van der Waals surface area (Å²) in [4.78, 5) is 4.32. The fraction of sp³-hybridized carbons (Fsp3) is 0.545. The van der Waals surface area contributed by atoms with E-state index in [1.807, 2.05) is 35.6 Å². The molecule has 1 unspecified atom stereocenters. The lowest BCUT2D eigenvalue weighted by Crippen LogP contribution is -2.24. The van der Waals surface area contributed by atoms with Crippen LogP contribution in [0.2, 0.25) is 0 Å². The molecule has 0 saturated heterocycles. The second-order valence-corrected chi connectivity index (χ2v) is 4.18. The first-order valence-electron chi connectivity index (χ1n) is 5.72. The predicted molar refractivity (Wildman–Crippen MR) is 64.3 cm³/mol. The monoisotopic (exact) mass is 234 g/mol. The summed E-state index contributed by atoms with van der Waals surface area (Å²) in [5.74, 6) is 2.03. The van der Waals surface area contributed by atoms with Gasteiger partial charge in [0.2, 0.25) is 0 Å². The Labute approximate surface area is 101 Å². The quantitative estimate of drug-likeness (QED) is 0.815. The first-order chi connectivity index (χ1) is 8.18. The van der Waals surface area contributed by atoms with Crippen molar-refractivity contribution in [1.82, 2.24) is 29.6 Å². The zero-order valence-corrected chi connectivity index (χ0v) is 10.5. The van der Waals surface area contributed by atoms with Crippen LogP contribution in [-0.4, -0.2) is 30.9 Å². The maximum absolute atomic E-state index is 4.32. The predicted octanol–water partition coefficient (Wildman–Crippen LogP) is 0.442. The Morgan fingerprint density at radius 1 is 1.35 bits per heavy atom. The number of nitrogens with one attached hydrogen (secondary N) is 1. The zero-order chi connectivity index (χ0) is 12.3. The molecule has 0 radical (unpaired) electrons. The van der Waals surface area contributed by atoms with Gasteiger partial charge in [0, 0.05) is 39.5 Å². The molecule has 0 aliphatic carbocycles. The van der Waals surface area contributed by atoms with E-state index in [0.29, 0.717) is 0 Å². The van der Waals surface area contributed by atoms with Crippen molar-refractivity contribution >= 4 is 0 Å². The molecule has 17 heavy (non-hydrogen) atoms. The van der Waals surface area contributed by atoms with Gasteiger partial charge in [-0.05, 0) is 6.92 Å². The van der Waals surface area contributed by atoms with Crippen LogP contribution in [0.25, 0.3) is 0 Å². The summed E-state index contributed by atoms with van der Waals surface area (Å²) in [6, 6.07) is 0.239. The van der Waals surface area contributed by atoms with Crippen molar-refractivity contribution in [2.45, 2.75) is 19.4 Å². The second-order valence-electron chi connectivity index (χ2n) is 4.18. The lowest BCUT2D eigenvalue weighted by molar-refractivity contribution is 0.526. The SMILES string of the molecule is CC(NCCc1nncn1C)c1nccn1C. The van der Waals surface area contributed by atoms with Crippen LogP contribution in [0.1, 0.15) is 24.6 Å². The van der Waals surface area contributed by atoms with Crippen LogP contribution >= 0.6 is 0 Å². The molecule has 0 bridgehead atoms. The minimum Gasteiger partial charge on any atom is -0.337 e. The molecule has 6 heteroatoms. The Balaban J connectivity index is 1.83. The minimum absolute atomic E-state index is 0.239. The van der Waals surface area contributed by atoms with E-state index in [1.54, 1.807) is 6.33 Å². The highest BCUT2D eigenvalue weighted by molar-refractivity contribution is 4.97. The highest BCUT2D eigenvalue weighted by atomic mass is 15.2. The number of nitrogens with zero attached hydrogens (tertiary/aromatic N) is 5. The van der Waals surface area contributed by atoms with E-state index in [9.17, 15) is 0 Å². The first-order valence-corrected chi connectivity index (χ1v) is 5.72. The van der Waals surface area contributed by atoms with Gasteiger partial charge < -0.3 is 14.5 Å². The molecular formula is C11H18N6. The molecule has 0 fully saturated rings. The summed E-state index contributed by atoms with van der Waals surface area (Å²) in [5.41, 5.74) is 0. The van der Waals surface area contributed by atoms with Gasteiger partial charge in [0.15, 0.2) is 0 Å². The van der Waals surface area contributed by atoms with E-state index in [1.165, 1.54) is 0 Å². The van der Waals surface area contributed by atoms with E-state index in [2.05, 4.69) is 27.4 Å². The van der Waals surface area contributed by atoms with Crippen molar-refractivity contribution < 1.29 is 0 Å². The molecule has 6 nitrogen and oxygen atoms in total. The van der Waals surface area contributed by atoms with Crippen LogP contribution in [-0.2, 0) is 20.5 Å². The van der Waals surface area contributed by atoms with Crippen LogP contribution in [0.5, 0.6) is 0 Å². The van der Waals surface area contributed by atoms with Crippen molar-refractivity contribution in [1.29, 1.82) is 0 Å². The van der Waals surface area contributed by atoms with E-state index in [4.69, 9.17) is 0 Å². The average molecular weight is 234 g/mol. The van der Waals surface area contributed by atoms with Gasteiger partial charge in [-0.1, -0.05) is 0 Å². The molecule has 0 aliphatic rings. The minimum atomic E-state index is 0.239. The third kappa shape index (κ3) is 2.71. The number of imidazole rings is 1. The fourth-order valence-electron chi connectivity index (χ4n) is 1.82. The van der Waals surface area contributed by atoms with Crippen LogP contribution in [0, 0.1) is 0 Å². The molecule has 2 heterocycles. The molecule has 0 spiro atoms. The van der Waals surface area contributed by atoms with Gasteiger partial charge in [-0.3, -0.25) is 0 Å². The van der Waals surface area contributed by atoms with Crippen LogP contribution in [0.4, 0.5) is 0 Å². The summed E-state index contributed by atoms with van der Waals surface area (Å²) >= 11 is 0. The maximum Gasteiger partial charge on any atom is 0.133 e. The zero-order valence-electron chi connectivity index (χ0n) is 10.5. The lowest BCUT2D eigenvalue weighted by Gasteiger charge is -2.13. The number of aryl methyl sites for hydroxylation is 2. The van der Waals surface area contributed by atoms with Crippen LogP contribution in [0.3, 0.4) is 0 Å². The lowest BCUT2D eigenvalue weighted by atomic mass is 10.3. The summed E-state index contributed by atoms with van der Waals surface area (Å²) in [6.07, 6.45) is 6.36. The smallest absolute Gasteiger partial charge is 0.133 e. The van der Waals surface area contributed by atoms with E-state index in [0.717, 1.165) is 24.6 Å². The summed E-state index contributed by atoms with van der Waals surface area (Å²) in [7, 11) is 3.96. The topological polar surface area (TPSA) is 60.6 Å². The van der Waals surface area contributed by atoms with Gasteiger partial charge in [-0.2, -0.15) is 0 Å². The number of hydrogen-bond donors (Lipinski definition) is 1. The van der Waals surface area contributed by atoms with Crippen molar-refractivity contribution in [3.63, 3.8) is 0 Å². The maximum atomic E-state index is 4.32.